The van der Waals surface area contributed by atoms with Crippen molar-refractivity contribution in [1.29, 1.82) is 0 Å². The molecule has 64 valence electrons. The molecule has 12 heavy (non-hydrogen) atoms. The van der Waals surface area contributed by atoms with E-state index in [0.29, 0.717) is 6.04 Å². The molecule has 0 spiro atoms. The molecule has 2 rings (SSSR count). The van der Waals surface area contributed by atoms with E-state index >= 15 is 0 Å². The Morgan fingerprint density at radius 1 is 1.50 bits per heavy atom. The lowest BCUT2D eigenvalue weighted by Crippen LogP contribution is -2.26. The van der Waals surface area contributed by atoms with Crippen LogP contribution in [-0.4, -0.2) is 0 Å². The zero-order valence-electron chi connectivity index (χ0n) is 6.68. The molecule has 0 saturated carbocycles. The summed E-state index contributed by atoms with van der Waals surface area (Å²) < 4.78 is 0. The second kappa shape index (κ2) is 3.05. The molecule has 0 unspecified atom stereocenters. The molecule has 3 N–H and O–H groups in total. The number of hydrazine groups is 1. The van der Waals surface area contributed by atoms with Gasteiger partial charge in [0, 0.05) is 11.1 Å². The van der Waals surface area contributed by atoms with Crippen LogP contribution in [0.3, 0.4) is 0 Å². The van der Waals surface area contributed by atoms with Gasteiger partial charge in [-0.05, 0) is 36.1 Å². The van der Waals surface area contributed by atoms with Crippen LogP contribution in [0.4, 0.5) is 0 Å². The Hall–Kier alpha value is -0.570. The maximum atomic E-state index is 5.88. The second-order valence-corrected chi connectivity index (χ2v) is 3.54. The predicted molar refractivity (Wildman–Crippen MR) is 49.8 cm³/mol. The highest BCUT2D eigenvalue weighted by Gasteiger charge is 2.20. The fourth-order valence-electron chi connectivity index (χ4n) is 1.75. The van der Waals surface area contributed by atoms with Crippen LogP contribution >= 0.6 is 11.6 Å². The van der Waals surface area contributed by atoms with Crippen molar-refractivity contribution < 1.29 is 0 Å². The van der Waals surface area contributed by atoms with Crippen molar-refractivity contribution in [3.8, 4) is 0 Å². The van der Waals surface area contributed by atoms with Crippen molar-refractivity contribution in [3.05, 3.63) is 34.3 Å². The van der Waals surface area contributed by atoms with E-state index in [4.69, 9.17) is 17.4 Å². The number of nitrogens with one attached hydrogen (secondary N) is 1. The first kappa shape index (κ1) is 8.05. The molecule has 0 aromatic heterocycles. The smallest absolute Gasteiger partial charge is 0.0466 e. The summed E-state index contributed by atoms with van der Waals surface area (Å²) in [5.41, 5.74) is 5.41. The van der Waals surface area contributed by atoms with Crippen molar-refractivity contribution in [2.24, 2.45) is 5.84 Å². The fourth-order valence-corrected chi connectivity index (χ4v) is 1.93. The number of fused-ring (bicyclic) bond motifs is 1. The molecule has 1 aliphatic carbocycles. The maximum Gasteiger partial charge on any atom is 0.0466 e. The SMILES string of the molecule is NN[C@H]1CCc2ccc(Cl)cc21. The van der Waals surface area contributed by atoms with E-state index < -0.39 is 0 Å². The van der Waals surface area contributed by atoms with Gasteiger partial charge in [-0.25, -0.2) is 0 Å². The Morgan fingerprint density at radius 2 is 2.33 bits per heavy atom. The van der Waals surface area contributed by atoms with Crippen molar-refractivity contribution in [2.45, 2.75) is 18.9 Å². The number of benzene rings is 1. The van der Waals surface area contributed by atoms with E-state index in [1.807, 2.05) is 12.1 Å². The Labute approximate surface area is 76.7 Å². The molecule has 0 aliphatic heterocycles. The topological polar surface area (TPSA) is 38.0 Å². The van der Waals surface area contributed by atoms with E-state index in [1.54, 1.807) is 0 Å². The van der Waals surface area contributed by atoms with E-state index in [9.17, 15) is 0 Å². The van der Waals surface area contributed by atoms with Crippen LogP contribution in [0, 0.1) is 0 Å². The lowest BCUT2D eigenvalue weighted by atomic mass is 10.1. The fraction of sp³-hybridized carbons (Fsp3) is 0.333. The molecule has 0 saturated heterocycles. The highest BCUT2D eigenvalue weighted by molar-refractivity contribution is 6.30. The minimum Gasteiger partial charge on any atom is -0.271 e. The largest absolute Gasteiger partial charge is 0.271 e. The highest BCUT2D eigenvalue weighted by Crippen LogP contribution is 2.32. The Morgan fingerprint density at radius 3 is 3.08 bits per heavy atom. The quantitative estimate of drug-likeness (QED) is 0.514. The number of rotatable bonds is 1. The molecular weight excluding hydrogens is 172 g/mol. The van der Waals surface area contributed by atoms with Gasteiger partial charge in [0.15, 0.2) is 0 Å². The standard InChI is InChI=1S/C9H11ClN2/c10-7-3-1-6-2-4-9(12-11)8(6)5-7/h1,3,5,9,12H,2,4,11H2/t9-/m0/s1. The van der Waals surface area contributed by atoms with Crippen LogP contribution in [0.1, 0.15) is 23.6 Å². The number of aryl methyl sites for hydroxylation is 1. The van der Waals surface area contributed by atoms with Gasteiger partial charge < -0.3 is 0 Å². The van der Waals surface area contributed by atoms with Crippen LogP contribution in [0.5, 0.6) is 0 Å². The minimum atomic E-state index is 0.290. The summed E-state index contributed by atoms with van der Waals surface area (Å²) >= 11 is 5.88. The molecule has 1 aromatic carbocycles. The lowest BCUT2D eigenvalue weighted by molar-refractivity contribution is 0.551. The first-order valence-corrected chi connectivity index (χ1v) is 4.43. The van der Waals surface area contributed by atoms with Gasteiger partial charge >= 0.3 is 0 Å². The average Bonchev–Trinajstić information content (AvgIpc) is 2.46. The number of halogens is 1. The van der Waals surface area contributed by atoms with Crippen LogP contribution in [-0.2, 0) is 6.42 Å². The number of nitrogens with two attached hydrogens (primary N) is 1. The van der Waals surface area contributed by atoms with Crippen LogP contribution in [0.25, 0.3) is 0 Å². The van der Waals surface area contributed by atoms with Gasteiger partial charge in [0.2, 0.25) is 0 Å². The van der Waals surface area contributed by atoms with Gasteiger partial charge in [-0.1, -0.05) is 17.7 Å². The summed E-state index contributed by atoms with van der Waals surface area (Å²) in [5, 5.41) is 0.788. The third kappa shape index (κ3) is 1.22. The summed E-state index contributed by atoms with van der Waals surface area (Å²) in [6.45, 7) is 0. The molecule has 1 aromatic rings. The molecule has 0 amide bonds. The molecule has 0 fully saturated rings. The Bertz CT molecular complexity index is 299. The third-order valence-corrected chi connectivity index (χ3v) is 2.62. The molecule has 1 aliphatic rings. The third-order valence-electron chi connectivity index (χ3n) is 2.39. The maximum absolute atomic E-state index is 5.88. The summed E-state index contributed by atoms with van der Waals surface area (Å²) in [7, 11) is 0. The summed E-state index contributed by atoms with van der Waals surface area (Å²) in [6, 6.07) is 6.29. The average molecular weight is 183 g/mol. The van der Waals surface area contributed by atoms with Crippen LogP contribution in [0.2, 0.25) is 5.02 Å². The van der Waals surface area contributed by atoms with Gasteiger partial charge in [0.25, 0.3) is 0 Å². The van der Waals surface area contributed by atoms with E-state index in [0.717, 1.165) is 17.9 Å². The monoisotopic (exact) mass is 182 g/mol. The molecule has 2 nitrogen and oxygen atoms in total. The molecule has 1 atom stereocenters. The zero-order chi connectivity index (χ0) is 8.55. The van der Waals surface area contributed by atoms with E-state index in [2.05, 4.69) is 11.5 Å². The summed E-state index contributed by atoms with van der Waals surface area (Å²) in [4.78, 5) is 0. The Kier molecular flexibility index (Phi) is 2.05. The molecular formula is C9H11ClN2. The Balaban J connectivity index is 2.42. The first-order chi connectivity index (χ1) is 5.81. The molecule has 3 heteroatoms. The second-order valence-electron chi connectivity index (χ2n) is 3.10. The normalized spacial score (nSPS) is 21.0. The van der Waals surface area contributed by atoms with Gasteiger partial charge in [0.05, 0.1) is 0 Å². The van der Waals surface area contributed by atoms with Gasteiger partial charge in [-0.15, -0.1) is 0 Å². The van der Waals surface area contributed by atoms with Gasteiger partial charge in [-0.3, -0.25) is 11.3 Å². The van der Waals surface area contributed by atoms with Gasteiger partial charge in [-0.2, -0.15) is 0 Å². The first-order valence-electron chi connectivity index (χ1n) is 4.05. The highest BCUT2D eigenvalue weighted by atomic mass is 35.5. The van der Waals surface area contributed by atoms with Crippen molar-refractivity contribution >= 4 is 11.6 Å². The summed E-state index contributed by atoms with van der Waals surface area (Å²) in [5.74, 6) is 5.41. The van der Waals surface area contributed by atoms with Crippen molar-refractivity contribution in [2.75, 3.05) is 0 Å². The predicted octanol–water partition coefficient (Wildman–Crippen LogP) is 1.79. The van der Waals surface area contributed by atoms with E-state index in [-0.39, 0.29) is 0 Å². The number of hydrogen-bond acceptors (Lipinski definition) is 2. The van der Waals surface area contributed by atoms with E-state index in [1.165, 1.54) is 11.1 Å². The zero-order valence-corrected chi connectivity index (χ0v) is 7.43. The molecule has 0 heterocycles. The van der Waals surface area contributed by atoms with Crippen molar-refractivity contribution in [1.82, 2.24) is 5.43 Å². The van der Waals surface area contributed by atoms with Gasteiger partial charge in [0.1, 0.15) is 0 Å². The van der Waals surface area contributed by atoms with Crippen LogP contribution in [0.15, 0.2) is 18.2 Å². The molecule has 0 radical (unpaired) electrons. The minimum absolute atomic E-state index is 0.290. The lowest BCUT2D eigenvalue weighted by Gasteiger charge is -2.09. The van der Waals surface area contributed by atoms with Crippen molar-refractivity contribution in [3.63, 3.8) is 0 Å². The summed E-state index contributed by atoms with van der Waals surface area (Å²) in [6.07, 6.45) is 2.17. The number of hydrogen-bond donors (Lipinski definition) is 2. The van der Waals surface area contributed by atoms with Crippen LogP contribution < -0.4 is 11.3 Å². The molecule has 0 bridgehead atoms.